The molecule has 2 heteroatoms. The van der Waals surface area contributed by atoms with Gasteiger partial charge in [0.2, 0.25) is 0 Å². The number of hydrogen-bond acceptors (Lipinski definition) is 2. The SMILES string of the molecule is CCOCC(=O)C=C(C)C. The fraction of sp³-hybridized carbons (Fsp3) is 0.625. The lowest BCUT2D eigenvalue weighted by Crippen LogP contribution is -2.05. The van der Waals surface area contributed by atoms with E-state index < -0.39 is 0 Å². The van der Waals surface area contributed by atoms with E-state index in [0.29, 0.717) is 6.61 Å². The molecule has 0 saturated carbocycles. The Morgan fingerprint density at radius 3 is 2.50 bits per heavy atom. The molecule has 0 saturated heterocycles. The van der Waals surface area contributed by atoms with E-state index in [1.807, 2.05) is 20.8 Å². The van der Waals surface area contributed by atoms with Gasteiger partial charge in [0, 0.05) is 6.61 Å². The van der Waals surface area contributed by atoms with Crippen molar-refractivity contribution in [3.05, 3.63) is 11.6 Å². The molecular formula is C8H14O2. The topological polar surface area (TPSA) is 26.3 Å². The molecule has 0 heterocycles. The monoisotopic (exact) mass is 142 g/mol. The highest BCUT2D eigenvalue weighted by atomic mass is 16.5. The second kappa shape index (κ2) is 5.18. The van der Waals surface area contributed by atoms with Crippen molar-refractivity contribution in [1.82, 2.24) is 0 Å². The predicted molar refractivity (Wildman–Crippen MR) is 40.9 cm³/mol. The first kappa shape index (κ1) is 9.37. The third-order valence-corrected chi connectivity index (χ3v) is 0.898. The van der Waals surface area contributed by atoms with Crippen molar-refractivity contribution in [2.75, 3.05) is 13.2 Å². The van der Waals surface area contributed by atoms with Gasteiger partial charge in [0.15, 0.2) is 5.78 Å². The van der Waals surface area contributed by atoms with Gasteiger partial charge in [-0.05, 0) is 26.8 Å². The number of ketones is 1. The lowest BCUT2D eigenvalue weighted by molar-refractivity contribution is -0.118. The van der Waals surface area contributed by atoms with Gasteiger partial charge < -0.3 is 4.74 Å². The first-order valence-corrected chi connectivity index (χ1v) is 3.42. The normalized spacial score (nSPS) is 9.10. The molecule has 0 rings (SSSR count). The van der Waals surface area contributed by atoms with Gasteiger partial charge in [-0.2, -0.15) is 0 Å². The fourth-order valence-electron chi connectivity index (χ4n) is 0.566. The molecule has 0 unspecified atom stereocenters. The van der Waals surface area contributed by atoms with Crippen LogP contribution >= 0.6 is 0 Å². The van der Waals surface area contributed by atoms with Crippen LogP contribution in [0.15, 0.2) is 11.6 Å². The number of ether oxygens (including phenoxy) is 1. The van der Waals surface area contributed by atoms with Crippen molar-refractivity contribution < 1.29 is 9.53 Å². The summed E-state index contributed by atoms with van der Waals surface area (Å²) in [7, 11) is 0. The van der Waals surface area contributed by atoms with E-state index >= 15 is 0 Å². The Morgan fingerprint density at radius 1 is 1.50 bits per heavy atom. The van der Waals surface area contributed by atoms with Crippen LogP contribution in [0.1, 0.15) is 20.8 Å². The summed E-state index contributed by atoms with van der Waals surface area (Å²) in [6.45, 7) is 6.47. The molecule has 58 valence electrons. The Kier molecular flexibility index (Phi) is 4.85. The molecule has 0 spiro atoms. The predicted octanol–water partition coefficient (Wildman–Crippen LogP) is 1.56. The Hall–Kier alpha value is -0.630. The lowest BCUT2D eigenvalue weighted by atomic mass is 10.2. The van der Waals surface area contributed by atoms with Crippen LogP contribution in [0.25, 0.3) is 0 Å². The molecule has 0 aliphatic carbocycles. The fourth-order valence-corrected chi connectivity index (χ4v) is 0.566. The van der Waals surface area contributed by atoms with Crippen LogP contribution in [0.3, 0.4) is 0 Å². The van der Waals surface area contributed by atoms with Crippen LogP contribution in [-0.4, -0.2) is 19.0 Å². The van der Waals surface area contributed by atoms with Gasteiger partial charge >= 0.3 is 0 Å². The zero-order valence-electron chi connectivity index (χ0n) is 6.81. The van der Waals surface area contributed by atoms with Gasteiger partial charge in [-0.15, -0.1) is 0 Å². The summed E-state index contributed by atoms with van der Waals surface area (Å²) in [5.74, 6) is 0.0434. The Labute approximate surface area is 61.9 Å². The highest BCUT2D eigenvalue weighted by Crippen LogP contribution is 1.89. The smallest absolute Gasteiger partial charge is 0.181 e. The molecule has 0 aromatic rings. The third kappa shape index (κ3) is 5.51. The highest BCUT2D eigenvalue weighted by Gasteiger charge is 1.94. The number of carbonyl (C=O) groups excluding carboxylic acids is 1. The first-order chi connectivity index (χ1) is 4.66. The Balaban J connectivity index is 3.54. The van der Waals surface area contributed by atoms with Crippen LogP contribution in [0.5, 0.6) is 0 Å². The largest absolute Gasteiger partial charge is 0.374 e. The summed E-state index contributed by atoms with van der Waals surface area (Å²) in [5, 5.41) is 0. The highest BCUT2D eigenvalue weighted by molar-refractivity contribution is 5.91. The zero-order chi connectivity index (χ0) is 7.98. The van der Waals surface area contributed by atoms with Crippen LogP contribution in [0.4, 0.5) is 0 Å². The maximum Gasteiger partial charge on any atom is 0.181 e. The minimum atomic E-state index is 0.0434. The summed E-state index contributed by atoms with van der Waals surface area (Å²) in [6, 6.07) is 0. The molecule has 0 N–H and O–H groups in total. The number of allylic oxidation sites excluding steroid dienone is 1. The van der Waals surface area contributed by atoms with E-state index in [0.717, 1.165) is 5.57 Å². The van der Waals surface area contributed by atoms with E-state index in [4.69, 9.17) is 4.74 Å². The third-order valence-electron chi connectivity index (χ3n) is 0.898. The van der Waals surface area contributed by atoms with Crippen LogP contribution in [0.2, 0.25) is 0 Å². The first-order valence-electron chi connectivity index (χ1n) is 3.42. The zero-order valence-corrected chi connectivity index (χ0v) is 6.81. The van der Waals surface area contributed by atoms with Crippen LogP contribution in [-0.2, 0) is 9.53 Å². The van der Waals surface area contributed by atoms with Gasteiger partial charge in [0.25, 0.3) is 0 Å². The summed E-state index contributed by atoms with van der Waals surface area (Å²) in [5.41, 5.74) is 1.02. The average molecular weight is 142 g/mol. The molecule has 0 aliphatic heterocycles. The quantitative estimate of drug-likeness (QED) is 0.557. The van der Waals surface area contributed by atoms with Crippen molar-refractivity contribution in [3.8, 4) is 0 Å². The lowest BCUT2D eigenvalue weighted by Gasteiger charge is -1.95. The molecule has 0 aromatic heterocycles. The van der Waals surface area contributed by atoms with E-state index in [1.165, 1.54) is 0 Å². The molecular weight excluding hydrogens is 128 g/mol. The van der Waals surface area contributed by atoms with Crippen molar-refractivity contribution >= 4 is 5.78 Å². The molecule has 2 nitrogen and oxygen atoms in total. The molecule has 0 aromatic carbocycles. The molecule has 0 fully saturated rings. The van der Waals surface area contributed by atoms with Crippen LogP contribution in [0, 0.1) is 0 Å². The van der Waals surface area contributed by atoms with E-state index in [9.17, 15) is 4.79 Å². The van der Waals surface area contributed by atoms with Gasteiger partial charge in [-0.3, -0.25) is 4.79 Å². The van der Waals surface area contributed by atoms with Crippen molar-refractivity contribution in [1.29, 1.82) is 0 Å². The van der Waals surface area contributed by atoms with Gasteiger partial charge in [0.1, 0.15) is 6.61 Å². The van der Waals surface area contributed by atoms with Crippen LogP contribution < -0.4 is 0 Å². The van der Waals surface area contributed by atoms with E-state index in [1.54, 1.807) is 6.08 Å². The summed E-state index contributed by atoms with van der Waals surface area (Å²) >= 11 is 0. The Bertz CT molecular complexity index is 132. The number of carbonyl (C=O) groups is 1. The molecule has 0 radical (unpaired) electrons. The van der Waals surface area contributed by atoms with Crippen molar-refractivity contribution in [3.63, 3.8) is 0 Å². The summed E-state index contributed by atoms with van der Waals surface area (Å²) < 4.78 is 4.90. The maximum atomic E-state index is 10.8. The Morgan fingerprint density at radius 2 is 2.10 bits per heavy atom. The summed E-state index contributed by atoms with van der Waals surface area (Å²) in [6.07, 6.45) is 1.59. The number of hydrogen-bond donors (Lipinski definition) is 0. The minimum Gasteiger partial charge on any atom is -0.374 e. The standard InChI is InChI=1S/C8H14O2/c1-4-10-6-8(9)5-7(2)3/h5H,4,6H2,1-3H3. The van der Waals surface area contributed by atoms with Gasteiger partial charge in [-0.1, -0.05) is 5.57 Å². The molecule has 10 heavy (non-hydrogen) atoms. The molecule has 0 amide bonds. The number of rotatable bonds is 4. The van der Waals surface area contributed by atoms with Gasteiger partial charge in [0.05, 0.1) is 0 Å². The van der Waals surface area contributed by atoms with Crippen molar-refractivity contribution in [2.24, 2.45) is 0 Å². The minimum absolute atomic E-state index is 0.0434. The second-order valence-electron chi connectivity index (χ2n) is 2.33. The van der Waals surface area contributed by atoms with Gasteiger partial charge in [-0.25, -0.2) is 0 Å². The average Bonchev–Trinajstić information content (AvgIpc) is 1.82. The molecule has 0 bridgehead atoms. The van der Waals surface area contributed by atoms with E-state index in [2.05, 4.69) is 0 Å². The van der Waals surface area contributed by atoms with E-state index in [-0.39, 0.29) is 12.4 Å². The molecule has 0 atom stereocenters. The summed E-state index contributed by atoms with van der Waals surface area (Å²) in [4.78, 5) is 10.8. The maximum absolute atomic E-state index is 10.8. The van der Waals surface area contributed by atoms with Crippen molar-refractivity contribution in [2.45, 2.75) is 20.8 Å². The molecule has 0 aliphatic rings. The second-order valence-corrected chi connectivity index (χ2v) is 2.33.